The Morgan fingerprint density at radius 1 is 1.08 bits per heavy atom. The number of nitrogens with one attached hydrogen (secondary N) is 1. The summed E-state index contributed by atoms with van der Waals surface area (Å²) < 4.78 is 16.5. The average Bonchev–Trinajstić information content (AvgIpc) is 2.61. The van der Waals surface area contributed by atoms with Crippen LogP contribution in [0.1, 0.15) is 22.8 Å². The van der Waals surface area contributed by atoms with Crippen LogP contribution in [0.25, 0.3) is 0 Å². The summed E-state index contributed by atoms with van der Waals surface area (Å²) in [6.07, 6.45) is 1.12. The van der Waals surface area contributed by atoms with Crippen LogP contribution in [0.5, 0.6) is 11.5 Å². The van der Waals surface area contributed by atoms with E-state index in [0.29, 0.717) is 0 Å². The van der Waals surface area contributed by atoms with Crippen molar-refractivity contribution >= 4 is 12.4 Å². The number of hydrogen-bond acceptors (Lipinski definition) is 4. The maximum Gasteiger partial charge on any atom is 0.122 e. The van der Waals surface area contributed by atoms with Gasteiger partial charge in [0.2, 0.25) is 0 Å². The number of halogens is 1. The molecule has 0 saturated heterocycles. The monoisotopic (exact) mass is 349 g/mol. The van der Waals surface area contributed by atoms with Gasteiger partial charge in [-0.15, -0.1) is 12.4 Å². The van der Waals surface area contributed by atoms with E-state index in [2.05, 4.69) is 29.6 Å². The Labute approximate surface area is 149 Å². The molecule has 0 saturated carbocycles. The minimum absolute atomic E-state index is 0. The molecule has 2 aromatic carbocycles. The zero-order valence-corrected chi connectivity index (χ0v) is 14.9. The third-order valence-electron chi connectivity index (χ3n) is 4.16. The molecule has 0 spiro atoms. The fourth-order valence-corrected chi connectivity index (χ4v) is 2.96. The molecule has 1 aliphatic heterocycles. The molecule has 130 valence electrons. The van der Waals surface area contributed by atoms with Crippen molar-refractivity contribution in [3.8, 4) is 11.5 Å². The van der Waals surface area contributed by atoms with E-state index in [0.717, 1.165) is 43.2 Å². The van der Waals surface area contributed by atoms with Gasteiger partial charge in [0.05, 0.1) is 26.9 Å². The highest BCUT2D eigenvalue weighted by Crippen LogP contribution is 2.26. The molecule has 0 aromatic heterocycles. The summed E-state index contributed by atoms with van der Waals surface area (Å²) in [5.74, 6) is 1.61. The van der Waals surface area contributed by atoms with E-state index in [1.54, 1.807) is 14.2 Å². The summed E-state index contributed by atoms with van der Waals surface area (Å²) in [5.41, 5.74) is 3.83. The Balaban J connectivity index is 0.00000208. The van der Waals surface area contributed by atoms with Gasteiger partial charge < -0.3 is 19.5 Å². The molecule has 0 bridgehead atoms. The van der Waals surface area contributed by atoms with Crippen LogP contribution >= 0.6 is 12.4 Å². The van der Waals surface area contributed by atoms with Gasteiger partial charge in [-0.1, -0.05) is 24.3 Å². The molecule has 5 heteroatoms. The zero-order chi connectivity index (χ0) is 16.1. The van der Waals surface area contributed by atoms with Gasteiger partial charge in [0.25, 0.3) is 0 Å². The Hall–Kier alpha value is -1.75. The van der Waals surface area contributed by atoms with Gasteiger partial charge in [-0.3, -0.25) is 0 Å². The van der Waals surface area contributed by atoms with Gasteiger partial charge in [0.1, 0.15) is 11.5 Å². The minimum Gasteiger partial charge on any atom is -0.497 e. The molecule has 1 unspecified atom stereocenters. The smallest absolute Gasteiger partial charge is 0.122 e. The number of methoxy groups -OCH3 is 2. The summed E-state index contributed by atoms with van der Waals surface area (Å²) in [6, 6.07) is 14.4. The second-order valence-corrected chi connectivity index (χ2v) is 5.66. The summed E-state index contributed by atoms with van der Waals surface area (Å²) >= 11 is 0. The molecule has 4 nitrogen and oxygen atoms in total. The molecule has 0 aliphatic carbocycles. The molecule has 1 aliphatic rings. The predicted molar refractivity (Wildman–Crippen MR) is 97.3 cm³/mol. The standard InChI is InChI=1S/C19H23NO3.ClH/c1-21-16-9-14(10-17(11-16)22-2)12-20-13-19-18-6-4-3-5-15(18)7-8-23-19;/h3-6,9-11,19-20H,7-8,12-13H2,1-2H3;1H. The highest BCUT2D eigenvalue weighted by Gasteiger charge is 2.19. The van der Waals surface area contributed by atoms with E-state index in [4.69, 9.17) is 14.2 Å². The summed E-state index contributed by atoms with van der Waals surface area (Å²) in [6.45, 7) is 2.32. The topological polar surface area (TPSA) is 39.7 Å². The molecule has 24 heavy (non-hydrogen) atoms. The highest BCUT2D eigenvalue weighted by atomic mass is 35.5. The number of rotatable bonds is 6. The molecule has 1 atom stereocenters. The molecule has 1 N–H and O–H groups in total. The second kappa shape index (κ2) is 8.92. The molecule has 0 amide bonds. The van der Waals surface area contributed by atoms with Crippen molar-refractivity contribution in [3.05, 3.63) is 59.2 Å². The van der Waals surface area contributed by atoms with Gasteiger partial charge in [-0.25, -0.2) is 0 Å². The molecule has 3 rings (SSSR count). The number of fused-ring (bicyclic) bond motifs is 1. The highest BCUT2D eigenvalue weighted by molar-refractivity contribution is 5.85. The minimum atomic E-state index is 0. The van der Waals surface area contributed by atoms with E-state index >= 15 is 0 Å². The van der Waals surface area contributed by atoms with Crippen LogP contribution < -0.4 is 14.8 Å². The lowest BCUT2D eigenvalue weighted by Crippen LogP contribution is -2.27. The Morgan fingerprint density at radius 3 is 2.50 bits per heavy atom. The fourth-order valence-electron chi connectivity index (χ4n) is 2.96. The fraction of sp³-hybridized carbons (Fsp3) is 0.368. The van der Waals surface area contributed by atoms with Gasteiger partial charge >= 0.3 is 0 Å². The summed E-state index contributed by atoms with van der Waals surface area (Å²) in [7, 11) is 3.33. The van der Waals surface area contributed by atoms with E-state index in [1.165, 1.54) is 11.1 Å². The van der Waals surface area contributed by atoms with E-state index in [-0.39, 0.29) is 18.5 Å². The summed E-state index contributed by atoms with van der Waals surface area (Å²) in [5, 5.41) is 3.48. The van der Waals surface area contributed by atoms with E-state index in [9.17, 15) is 0 Å². The van der Waals surface area contributed by atoms with Crippen molar-refractivity contribution in [1.82, 2.24) is 5.32 Å². The summed E-state index contributed by atoms with van der Waals surface area (Å²) in [4.78, 5) is 0. The lowest BCUT2D eigenvalue weighted by molar-refractivity contribution is 0.0423. The first-order chi connectivity index (χ1) is 11.3. The normalized spacial score (nSPS) is 16.0. The van der Waals surface area contributed by atoms with Crippen molar-refractivity contribution in [1.29, 1.82) is 0 Å². The lowest BCUT2D eigenvalue weighted by Gasteiger charge is -2.26. The predicted octanol–water partition coefficient (Wildman–Crippen LogP) is 3.53. The number of ether oxygens (including phenoxy) is 3. The average molecular weight is 350 g/mol. The maximum atomic E-state index is 5.92. The van der Waals surface area contributed by atoms with Crippen molar-refractivity contribution in [2.24, 2.45) is 0 Å². The quantitative estimate of drug-likeness (QED) is 0.866. The van der Waals surface area contributed by atoms with Gasteiger partial charge in [-0.2, -0.15) is 0 Å². The van der Waals surface area contributed by atoms with Crippen LogP contribution in [0, 0.1) is 0 Å². The molecular weight excluding hydrogens is 326 g/mol. The van der Waals surface area contributed by atoms with Gasteiger partial charge in [-0.05, 0) is 35.2 Å². The van der Waals surface area contributed by atoms with Crippen molar-refractivity contribution in [3.63, 3.8) is 0 Å². The largest absolute Gasteiger partial charge is 0.497 e. The van der Waals surface area contributed by atoms with Crippen LogP contribution in [-0.2, 0) is 17.7 Å². The van der Waals surface area contributed by atoms with Gasteiger partial charge in [0, 0.05) is 19.2 Å². The third kappa shape index (κ3) is 4.41. The Kier molecular flexibility index (Phi) is 6.91. The molecule has 0 fully saturated rings. The van der Waals surface area contributed by atoms with Crippen LogP contribution in [-0.4, -0.2) is 27.4 Å². The van der Waals surface area contributed by atoms with Crippen LogP contribution in [0.2, 0.25) is 0 Å². The van der Waals surface area contributed by atoms with E-state index in [1.807, 2.05) is 18.2 Å². The van der Waals surface area contributed by atoms with Crippen LogP contribution in [0.3, 0.4) is 0 Å². The third-order valence-corrected chi connectivity index (χ3v) is 4.16. The first-order valence-corrected chi connectivity index (χ1v) is 7.92. The first kappa shape index (κ1) is 18.6. The maximum absolute atomic E-state index is 5.92. The first-order valence-electron chi connectivity index (χ1n) is 7.92. The SMILES string of the molecule is COc1cc(CNCC2OCCc3ccccc32)cc(OC)c1.Cl. The second-order valence-electron chi connectivity index (χ2n) is 5.66. The molecule has 2 aromatic rings. The van der Waals surface area contributed by atoms with Gasteiger partial charge in [0.15, 0.2) is 0 Å². The number of hydrogen-bond donors (Lipinski definition) is 1. The zero-order valence-electron chi connectivity index (χ0n) is 14.1. The molecule has 0 radical (unpaired) electrons. The number of benzene rings is 2. The van der Waals surface area contributed by atoms with Crippen LogP contribution in [0.4, 0.5) is 0 Å². The van der Waals surface area contributed by atoms with Crippen LogP contribution in [0.15, 0.2) is 42.5 Å². The lowest BCUT2D eigenvalue weighted by atomic mass is 9.97. The van der Waals surface area contributed by atoms with E-state index < -0.39 is 0 Å². The molecular formula is C19H24ClNO3. The Morgan fingerprint density at radius 2 is 1.79 bits per heavy atom. The van der Waals surface area contributed by atoms with Crippen molar-refractivity contribution < 1.29 is 14.2 Å². The molecule has 1 heterocycles. The Bertz CT molecular complexity index is 641. The van der Waals surface area contributed by atoms with Crippen molar-refractivity contribution in [2.45, 2.75) is 19.1 Å². The van der Waals surface area contributed by atoms with Crippen molar-refractivity contribution in [2.75, 3.05) is 27.4 Å².